The van der Waals surface area contributed by atoms with E-state index in [1.807, 2.05) is 54.6 Å². The summed E-state index contributed by atoms with van der Waals surface area (Å²) in [5.74, 6) is 0. The van der Waals surface area contributed by atoms with E-state index in [-0.39, 0.29) is 0 Å². The Morgan fingerprint density at radius 2 is 1.04 bits per heavy atom. The first kappa shape index (κ1) is 16.4. The van der Waals surface area contributed by atoms with Crippen molar-refractivity contribution in [3.8, 4) is 0 Å². The molecule has 3 heteroatoms. The summed E-state index contributed by atoms with van der Waals surface area (Å²) in [7, 11) is 0. The summed E-state index contributed by atoms with van der Waals surface area (Å²) < 4.78 is 6.17. The van der Waals surface area contributed by atoms with Crippen molar-refractivity contribution in [3.05, 3.63) is 91.0 Å². The molecule has 0 spiro atoms. The molecule has 0 N–H and O–H groups in total. The second-order valence-corrected chi connectivity index (χ2v) is 10.6. The van der Waals surface area contributed by atoms with Crippen molar-refractivity contribution < 1.29 is 9.32 Å². The molecule has 0 aliphatic heterocycles. The number of rotatable bonds is 6. The van der Waals surface area contributed by atoms with Crippen LogP contribution >= 0.6 is 6.83 Å². The molecule has 0 aromatic heterocycles. The monoisotopic (exact) mass is 336 g/mol. The van der Waals surface area contributed by atoms with E-state index in [9.17, 15) is 4.79 Å². The quantitative estimate of drug-likeness (QED) is 0.508. The van der Waals surface area contributed by atoms with Gasteiger partial charge < -0.3 is 0 Å². The summed E-state index contributed by atoms with van der Waals surface area (Å²) in [6, 6.07) is 30.4. The third-order valence-electron chi connectivity index (χ3n) is 4.79. The minimum atomic E-state index is -3.32. The number of carbonyl (C=O) groups excluding carboxylic acids is 1. The summed E-state index contributed by atoms with van der Waals surface area (Å²) in [6.45, 7) is -0.598. The van der Waals surface area contributed by atoms with Crippen molar-refractivity contribution >= 4 is 29.2 Å². The van der Waals surface area contributed by atoms with E-state index in [0.29, 0.717) is 12.6 Å². The molecule has 3 aromatic rings. The van der Waals surface area contributed by atoms with Crippen molar-refractivity contribution in [2.45, 2.75) is 6.92 Å². The fourth-order valence-electron chi connectivity index (χ4n) is 3.58. The zero-order chi connectivity index (χ0) is 16.9. The van der Waals surface area contributed by atoms with E-state index in [1.54, 1.807) is 0 Å². The van der Waals surface area contributed by atoms with Gasteiger partial charge in [-0.1, -0.05) is 0 Å². The van der Waals surface area contributed by atoms with Gasteiger partial charge in [0.1, 0.15) is 0 Å². The van der Waals surface area contributed by atoms with Crippen molar-refractivity contribution in [1.29, 1.82) is 0 Å². The van der Waals surface area contributed by atoms with Gasteiger partial charge in [-0.25, -0.2) is 0 Å². The van der Waals surface area contributed by atoms with Crippen LogP contribution in [0.5, 0.6) is 0 Å². The molecule has 0 unspecified atom stereocenters. The fraction of sp³-hybridized carbons (Fsp3) is 0.0952. The van der Waals surface area contributed by atoms with Crippen molar-refractivity contribution in [2.24, 2.45) is 0 Å². The molecule has 0 aliphatic carbocycles. The summed E-state index contributed by atoms with van der Waals surface area (Å²) in [4.78, 5) is 11.7. The Labute approximate surface area is 143 Å². The minimum absolute atomic E-state index is 0.619. The van der Waals surface area contributed by atoms with Crippen molar-refractivity contribution in [1.82, 2.24) is 0 Å². The Bertz CT molecular complexity index is 702. The summed E-state index contributed by atoms with van der Waals surface area (Å²) in [6.07, 6.45) is 0.711. The number of carbonyl (C=O) groups is 1. The average Bonchev–Trinajstić information content (AvgIpc) is 2.69. The van der Waals surface area contributed by atoms with Crippen LogP contribution in [0.15, 0.2) is 91.0 Å². The molecule has 122 valence electrons. The fourth-order valence-corrected chi connectivity index (χ4v) is 8.68. The average molecular weight is 336 g/mol. The zero-order valence-electron chi connectivity index (χ0n) is 13.7. The van der Waals surface area contributed by atoms with E-state index >= 15 is 0 Å². The van der Waals surface area contributed by atoms with E-state index in [4.69, 9.17) is 4.52 Å². The summed E-state index contributed by atoms with van der Waals surface area (Å²) in [5, 5.41) is 3.20. The third kappa shape index (κ3) is 2.26. The SMILES string of the molecule is CCP(OC=O)(c1ccccc1)(c1ccccc1)c1ccccc1. The molecule has 0 radical (unpaired) electrons. The Morgan fingerprint density at radius 3 is 1.29 bits per heavy atom. The Balaban J connectivity index is 2.49. The van der Waals surface area contributed by atoms with Crippen molar-refractivity contribution in [2.75, 3.05) is 6.16 Å². The molecule has 0 saturated heterocycles. The molecule has 0 bridgehead atoms. The van der Waals surface area contributed by atoms with Gasteiger partial charge in [-0.15, -0.1) is 0 Å². The molecular weight excluding hydrogens is 315 g/mol. The first-order chi connectivity index (χ1) is 11.8. The van der Waals surface area contributed by atoms with Crippen LogP contribution < -0.4 is 15.9 Å². The van der Waals surface area contributed by atoms with Gasteiger partial charge in [0.05, 0.1) is 0 Å². The predicted octanol–water partition coefficient (Wildman–Crippen LogP) is 3.62. The molecule has 3 rings (SSSR count). The molecular formula is C21H21O2P. The van der Waals surface area contributed by atoms with E-state index in [2.05, 4.69) is 43.3 Å². The zero-order valence-corrected chi connectivity index (χ0v) is 14.6. The molecule has 24 heavy (non-hydrogen) atoms. The standard InChI is InChI=1S/C21H21O2P/c1-2-24(23-18-22,19-12-6-3-7-13-19,20-14-8-4-9-15-20)21-16-10-5-11-17-21/h3-18H,2H2,1H3. The predicted molar refractivity (Wildman–Crippen MR) is 103 cm³/mol. The Kier molecular flexibility index (Phi) is 4.51. The number of hydrogen-bond donors (Lipinski definition) is 0. The van der Waals surface area contributed by atoms with Gasteiger partial charge in [0.2, 0.25) is 0 Å². The molecule has 0 heterocycles. The van der Waals surface area contributed by atoms with Gasteiger partial charge in [-0.05, 0) is 0 Å². The van der Waals surface area contributed by atoms with Crippen LogP contribution in [0.4, 0.5) is 0 Å². The third-order valence-corrected chi connectivity index (χ3v) is 10.7. The van der Waals surface area contributed by atoms with Gasteiger partial charge in [0, 0.05) is 0 Å². The Morgan fingerprint density at radius 1 is 0.708 bits per heavy atom. The number of benzene rings is 3. The molecule has 2 nitrogen and oxygen atoms in total. The second kappa shape index (κ2) is 6.59. The van der Waals surface area contributed by atoms with Crippen molar-refractivity contribution in [3.63, 3.8) is 0 Å². The molecule has 3 aromatic carbocycles. The summed E-state index contributed by atoms with van der Waals surface area (Å²) >= 11 is 0. The normalized spacial score (nSPS) is 12.8. The first-order valence-electron chi connectivity index (χ1n) is 8.08. The maximum atomic E-state index is 11.7. The van der Waals surface area contributed by atoms with Crippen LogP contribution in [0.3, 0.4) is 0 Å². The van der Waals surface area contributed by atoms with E-state index < -0.39 is 6.83 Å². The molecule has 0 amide bonds. The maximum absolute atomic E-state index is 11.7. The van der Waals surface area contributed by atoms with Crippen LogP contribution in [-0.4, -0.2) is 12.6 Å². The van der Waals surface area contributed by atoms with Gasteiger partial charge >= 0.3 is 143 Å². The molecule has 0 aliphatic rings. The van der Waals surface area contributed by atoms with Crippen LogP contribution in [0.2, 0.25) is 0 Å². The topological polar surface area (TPSA) is 26.3 Å². The number of hydrogen-bond acceptors (Lipinski definition) is 2. The van der Waals surface area contributed by atoms with Gasteiger partial charge in [0.15, 0.2) is 0 Å². The van der Waals surface area contributed by atoms with Gasteiger partial charge in [-0.2, -0.15) is 0 Å². The van der Waals surface area contributed by atoms with Crippen LogP contribution in [0, 0.1) is 0 Å². The molecule has 0 atom stereocenters. The van der Waals surface area contributed by atoms with E-state index in [1.165, 1.54) is 0 Å². The van der Waals surface area contributed by atoms with Gasteiger partial charge in [0.25, 0.3) is 0 Å². The first-order valence-corrected chi connectivity index (χ1v) is 10.4. The summed E-state index contributed by atoms with van der Waals surface area (Å²) in [5.41, 5.74) is 0. The van der Waals surface area contributed by atoms with E-state index in [0.717, 1.165) is 15.9 Å². The second-order valence-electron chi connectivity index (χ2n) is 5.74. The van der Waals surface area contributed by atoms with Crippen LogP contribution in [0.25, 0.3) is 0 Å². The van der Waals surface area contributed by atoms with Crippen LogP contribution in [0.1, 0.15) is 6.92 Å². The van der Waals surface area contributed by atoms with Gasteiger partial charge in [-0.3, -0.25) is 0 Å². The molecule has 0 fully saturated rings. The van der Waals surface area contributed by atoms with Crippen LogP contribution in [-0.2, 0) is 9.32 Å². The molecule has 0 saturated carbocycles. The Hall–Kier alpha value is -2.44.